The molecule has 1 unspecified atom stereocenters. The Morgan fingerprint density at radius 1 is 1.56 bits per heavy atom. The Balaban J connectivity index is 3.32. The van der Waals surface area contributed by atoms with Crippen LogP contribution in [0.25, 0.3) is 0 Å². The van der Waals surface area contributed by atoms with Crippen molar-refractivity contribution < 1.29 is 0 Å². The van der Waals surface area contributed by atoms with Crippen molar-refractivity contribution >= 4 is 15.9 Å². The highest BCUT2D eigenvalue weighted by Crippen LogP contribution is 1.99. The molecule has 0 aliphatic heterocycles. The zero-order chi connectivity index (χ0) is 7.28. The predicted molar refractivity (Wildman–Crippen MR) is 46.2 cm³/mol. The minimum atomic E-state index is 0.725. The zero-order valence-corrected chi connectivity index (χ0v) is 8.11. The van der Waals surface area contributed by atoms with Gasteiger partial charge in [-0.15, -0.1) is 0 Å². The first-order valence-electron chi connectivity index (χ1n) is 3.48. The Morgan fingerprint density at radius 3 is 2.44 bits per heavy atom. The lowest BCUT2D eigenvalue weighted by atomic mass is 10.2. The average molecular weight is 194 g/mol. The molecule has 0 spiro atoms. The summed E-state index contributed by atoms with van der Waals surface area (Å²) in [4.78, 5) is 2.36. The first kappa shape index (κ1) is 9.44. The quantitative estimate of drug-likeness (QED) is 0.619. The molecule has 9 heavy (non-hydrogen) atoms. The lowest BCUT2D eigenvalue weighted by Crippen LogP contribution is -2.29. The number of hydrogen-bond donors (Lipinski definition) is 0. The highest BCUT2D eigenvalue weighted by atomic mass is 79.9. The molecule has 0 fully saturated rings. The van der Waals surface area contributed by atoms with E-state index >= 15 is 0 Å². The number of hydrogen-bond acceptors (Lipinski definition) is 1. The molecule has 0 saturated heterocycles. The second-order valence-corrected chi connectivity index (χ2v) is 3.22. The summed E-state index contributed by atoms with van der Waals surface area (Å²) in [5, 5.41) is 1.08. The maximum absolute atomic E-state index is 3.41. The second kappa shape index (κ2) is 5.24. The van der Waals surface area contributed by atoms with Crippen LogP contribution in [0.15, 0.2) is 0 Å². The molecular formula is C7H16BrN. The van der Waals surface area contributed by atoms with Gasteiger partial charge in [-0.3, -0.25) is 0 Å². The van der Waals surface area contributed by atoms with Crippen LogP contribution in [0.1, 0.15) is 20.3 Å². The Hall–Kier alpha value is 0.440. The van der Waals surface area contributed by atoms with Crippen molar-refractivity contribution in [2.75, 3.05) is 18.9 Å². The molecule has 1 nitrogen and oxygen atoms in total. The number of halogens is 1. The zero-order valence-electron chi connectivity index (χ0n) is 6.52. The lowest BCUT2D eigenvalue weighted by molar-refractivity contribution is 0.268. The van der Waals surface area contributed by atoms with Crippen molar-refractivity contribution in [1.29, 1.82) is 0 Å². The van der Waals surface area contributed by atoms with Gasteiger partial charge in [-0.2, -0.15) is 0 Å². The van der Waals surface area contributed by atoms with E-state index in [4.69, 9.17) is 0 Å². The molecule has 0 rings (SSSR count). The maximum Gasteiger partial charge on any atom is 0.0159 e. The molecule has 1 atom stereocenters. The largest absolute Gasteiger partial charge is 0.303 e. The van der Waals surface area contributed by atoms with Gasteiger partial charge in [-0.1, -0.05) is 22.9 Å². The smallest absolute Gasteiger partial charge is 0.0159 e. The van der Waals surface area contributed by atoms with Gasteiger partial charge in [0.1, 0.15) is 0 Å². The molecule has 0 aromatic rings. The molecule has 0 bridgehead atoms. The van der Waals surface area contributed by atoms with Crippen LogP contribution in [0.3, 0.4) is 0 Å². The van der Waals surface area contributed by atoms with Crippen LogP contribution in [0, 0.1) is 0 Å². The summed E-state index contributed by atoms with van der Waals surface area (Å²) in [6, 6.07) is 0.725. The fourth-order valence-electron chi connectivity index (χ4n) is 0.665. The normalized spacial score (nSPS) is 14.3. The topological polar surface area (TPSA) is 3.24 Å². The Morgan fingerprint density at radius 2 is 2.11 bits per heavy atom. The van der Waals surface area contributed by atoms with Crippen molar-refractivity contribution in [3.05, 3.63) is 0 Å². The van der Waals surface area contributed by atoms with E-state index in [2.05, 4.69) is 41.7 Å². The van der Waals surface area contributed by atoms with E-state index in [1.54, 1.807) is 0 Å². The third-order valence-corrected chi connectivity index (χ3v) is 2.14. The highest BCUT2D eigenvalue weighted by Gasteiger charge is 2.03. The summed E-state index contributed by atoms with van der Waals surface area (Å²) in [6.07, 6.45) is 1.24. The van der Waals surface area contributed by atoms with Gasteiger partial charge in [-0.25, -0.2) is 0 Å². The monoisotopic (exact) mass is 193 g/mol. The number of rotatable bonds is 4. The standard InChI is InChI=1S/C7H16BrN/c1-4-7(2)9(3)6-5-8/h7H,4-6H2,1-3H3. The summed E-state index contributed by atoms with van der Waals surface area (Å²) in [5.41, 5.74) is 0. The van der Waals surface area contributed by atoms with E-state index in [1.807, 2.05) is 0 Å². The van der Waals surface area contributed by atoms with Crippen LogP contribution >= 0.6 is 15.9 Å². The maximum atomic E-state index is 3.41. The summed E-state index contributed by atoms with van der Waals surface area (Å²) < 4.78 is 0. The van der Waals surface area contributed by atoms with E-state index in [0.29, 0.717) is 0 Å². The molecule has 0 amide bonds. The van der Waals surface area contributed by atoms with E-state index in [9.17, 15) is 0 Å². The second-order valence-electron chi connectivity index (χ2n) is 2.43. The molecule has 56 valence electrons. The molecule has 0 aromatic heterocycles. The molecule has 0 aromatic carbocycles. The summed E-state index contributed by atoms with van der Waals surface area (Å²) >= 11 is 3.41. The van der Waals surface area contributed by atoms with Gasteiger partial charge in [-0.05, 0) is 20.4 Å². The fraction of sp³-hybridized carbons (Fsp3) is 1.00. The van der Waals surface area contributed by atoms with Crippen LogP contribution in [0.2, 0.25) is 0 Å². The molecule has 0 aliphatic rings. The predicted octanol–water partition coefficient (Wildman–Crippen LogP) is 2.11. The van der Waals surface area contributed by atoms with Crippen molar-refractivity contribution in [2.24, 2.45) is 0 Å². The van der Waals surface area contributed by atoms with E-state index in [0.717, 1.165) is 17.9 Å². The molecular weight excluding hydrogens is 178 g/mol. The van der Waals surface area contributed by atoms with Gasteiger partial charge in [0, 0.05) is 17.9 Å². The molecule has 0 heterocycles. The number of alkyl halides is 1. The Kier molecular flexibility index (Phi) is 5.50. The van der Waals surface area contributed by atoms with Gasteiger partial charge in [0.2, 0.25) is 0 Å². The SMILES string of the molecule is CCC(C)N(C)CCBr. The number of nitrogens with zero attached hydrogens (tertiary/aromatic N) is 1. The van der Waals surface area contributed by atoms with Gasteiger partial charge in [0.05, 0.1) is 0 Å². The van der Waals surface area contributed by atoms with Gasteiger partial charge in [0.15, 0.2) is 0 Å². The van der Waals surface area contributed by atoms with Crippen molar-refractivity contribution in [3.8, 4) is 0 Å². The van der Waals surface area contributed by atoms with E-state index in [-0.39, 0.29) is 0 Å². The average Bonchev–Trinajstić information content (AvgIpc) is 1.87. The molecule has 2 heteroatoms. The summed E-state index contributed by atoms with van der Waals surface area (Å²) in [5.74, 6) is 0. The van der Waals surface area contributed by atoms with Gasteiger partial charge in [0.25, 0.3) is 0 Å². The Bertz CT molecular complexity index is 65.9. The first-order valence-corrected chi connectivity index (χ1v) is 4.60. The van der Waals surface area contributed by atoms with Crippen molar-refractivity contribution in [2.45, 2.75) is 26.3 Å². The van der Waals surface area contributed by atoms with Crippen LogP contribution in [-0.4, -0.2) is 29.9 Å². The minimum absolute atomic E-state index is 0.725. The third kappa shape index (κ3) is 3.93. The third-order valence-electron chi connectivity index (χ3n) is 1.78. The highest BCUT2D eigenvalue weighted by molar-refractivity contribution is 9.09. The summed E-state index contributed by atoms with van der Waals surface area (Å²) in [6.45, 7) is 5.62. The van der Waals surface area contributed by atoms with Crippen LogP contribution in [0.4, 0.5) is 0 Å². The van der Waals surface area contributed by atoms with E-state index in [1.165, 1.54) is 6.42 Å². The molecule has 0 aliphatic carbocycles. The minimum Gasteiger partial charge on any atom is -0.303 e. The first-order chi connectivity index (χ1) is 4.22. The Labute approximate surface area is 66.6 Å². The molecule has 0 N–H and O–H groups in total. The van der Waals surface area contributed by atoms with Crippen LogP contribution in [-0.2, 0) is 0 Å². The summed E-state index contributed by atoms with van der Waals surface area (Å²) in [7, 11) is 2.16. The van der Waals surface area contributed by atoms with Gasteiger partial charge < -0.3 is 4.90 Å². The lowest BCUT2D eigenvalue weighted by Gasteiger charge is -2.21. The fourth-order valence-corrected chi connectivity index (χ4v) is 1.22. The van der Waals surface area contributed by atoms with Crippen molar-refractivity contribution in [1.82, 2.24) is 4.90 Å². The van der Waals surface area contributed by atoms with Crippen LogP contribution in [0.5, 0.6) is 0 Å². The molecule has 0 radical (unpaired) electrons. The van der Waals surface area contributed by atoms with E-state index < -0.39 is 0 Å². The van der Waals surface area contributed by atoms with Crippen LogP contribution < -0.4 is 0 Å². The van der Waals surface area contributed by atoms with Gasteiger partial charge >= 0.3 is 0 Å². The molecule has 0 saturated carbocycles. The van der Waals surface area contributed by atoms with Crippen molar-refractivity contribution in [3.63, 3.8) is 0 Å².